The van der Waals surface area contributed by atoms with Crippen LogP contribution in [0.4, 0.5) is 10.7 Å². The standard InChI is InChI=1S/C16H21N3O2S/c1-12-7-3-4-8-13(12)18-15-14(17-11-22-15)16(21)19(2)9-5-6-10-20/h3-4,7-8,11,18,20H,5-6,9-10H2,1-2H3. The van der Waals surface area contributed by atoms with Crippen molar-refractivity contribution in [3.8, 4) is 0 Å². The lowest BCUT2D eigenvalue weighted by Gasteiger charge is -2.17. The van der Waals surface area contributed by atoms with Crippen LogP contribution in [0.2, 0.25) is 0 Å². The zero-order valence-corrected chi connectivity index (χ0v) is 13.7. The van der Waals surface area contributed by atoms with Crippen LogP contribution >= 0.6 is 11.3 Å². The van der Waals surface area contributed by atoms with Gasteiger partial charge in [-0.05, 0) is 31.4 Å². The number of unbranched alkanes of at least 4 members (excludes halogenated alkanes) is 1. The predicted octanol–water partition coefficient (Wildman–Crippen LogP) is 3.04. The molecule has 6 heteroatoms. The summed E-state index contributed by atoms with van der Waals surface area (Å²) >= 11 is 1.42. The maximum absolute atomic E-state index is 12.5. The van der Waals surface area contributed by atoms with Gasteiger partial charge in [0.25, 0.3) is 5.91 Å². The SMILES string of the molecule is Cc1ccccc1Nc1scnc1C(=O)N(C)CCCCO. The smallest absolute Gasteiger partial charge is 0.275 e. The Kier molecular flexibility index (Phi) is 5.91. The highest BCUT2D eigenvalue weighted by atomic mass is 32.1. The van der Waals surface area contributed by atoms with Crippen LogP contribution in [0, 0.1) is 6.92 Å². The highest BCUT2D eigenvalue weighted by molar-refractivity contribution is 7.14. The zero-order chi connectivity index (χ0) is 15.9. The minimum atomic E-state index is -0.102. The van der Waals surface area contributed by atoms with Gasteiger partial charge in [-0.15, -0.1) is 11.3 Å². The molecule has 0 aliphatic heterocycles. The number of carbonyl (C=O) groups is 1. The Hall–Kier alpha value is -1.92. The number of nitrogens with zero attached hydrogens (tertiary/aromatic N) is 2. The molecular weight excluding hydrogens is 298 g/mol. The summed E-state index contributed by atoms with van der Waals surface area (Å²) in [5.41, 5.74) is 4.21. The third kappa shape index (κ3) is 4.05. The summed E-state index contributed by atoms with van der Waals surface area (Å²) in [5, 5.41) is 12.9. The molecule has 0 bridgehead atoms. The molecule has 1 heterocycles. The minimum absolute atomic E-state index is 0.102. The van der Waals surface area contributed by atoms with Gasteiger partial charge in [-0.25, -0.2) is 4.98 Å². The molecule has 0 saturated carbocycles. The van der Waals surface area contributed by atoms with Crippen LogP contribution in [0.15, 0.2) is 29.8 Å². The summed E-state index contributed by atoms with van der Waals surface area (Å²) < 4.78 is 0. The van der Waals surface area contributed by atoms with E-state index in [-0.39, 0.29) is 12.5 Å². The number of thiazole rings is 1. The lowest BCUT2D eigenvalue weighted by molar-refractivity contribution is 0.0786. The number of hydrogen-bond donors (Lipinski definition) is 2. The molecule has 5 nitrogen and oxygen atoms in total. The van der Waals surface area contributed by atoms with Gasteiger partial charge < -0.3 is 15.3 Å². The van der Waals surface area contributed by atoms with Crippen LogP contribution in [0.3, 0.4) is 0 Å². The van der Waals surface area contributed by atoms with E-state index in [0.717, 1.165) is 22.7 Å². The van der Waals surface area contributed by atoms with Crippen molar-refractivity contribution in [3.63, 3.8) is 0 Å². The fraction of sp³-hybridized carbons (Fsp3) is 0.375. The number of para-hydroxylation sites is 1. The van der Waals surface area contributed by atoms with E-state index in [0.29, 0.717) is 18.7 Å². The Morgan fingerprint density at radius 3 is 2.86 bits per heavy atom. The molecule has 2 aromatic rings. The maximum Gasteiger partial charge on any atom is 0.275 e. The number of aliphatic hydroxyl groups excluding tert-OH is 1. The molecule has 0 fully saturated rings. The summed E-state index contributed by atoms with van der Waals surface area (Å²) in [6.45, 7) is 2.78. The number of carbonyl (C=O) groups excluding carboxylic acids is 1. The lowest BCUT2D eigenvalue weighted by Crippen LogP contribution is -2.28. The number of amides is 1. The number of rotatable bonds is 7. The molecule has 22 heavy (non-hydrogen) atoms. The molecule has 0 aliphatic carbocycles. The van der Waals surface area contributed by atoms with Crippen molar-refractivity contribution in [2.45, 2.75) is 19.8 Å². The Bertz CT molecular complexity index is 627. The Morgan fingerprint density at radius 2 is 2.14 bits per heavy atom. The van der Waals surface area contributed by atoms with E-state index in [4.69, 9.17) is 5.11 Å². The van der Waals surface area contributed by atoms with Crippen molar-refractivity contribution in [3.05, 3.63) is 41.0 Å². The van der Waals surface area contributed by atoms with Crippen LogP contribution in [-0.4, -0.2) is 41.1 Å². The highest BCUT2D eigenvalue weighted by Gasteiger charge is 2.19. The number of aromatic nitrogens is 1. The van der Waals surface area contributed by atoms with Gasteiger partial charge >= 0.3 is 0 Å². The largest absolute Gasteiger partial charge is 0.396 e. The number of aryl methyl sites for hydroxylation is 1. The number of aliphatic hydroxyl groups is 1. The first-order valence-electron chi connectivity index (χ1n) is 7.26. The summed E-state index contributed by atoms with van der Waals surface area (Å²) in [4.78, 5) is 18.3. The van der Waals surface area contributed by atoms with E-state index in [1.165, 1.54) is 11.3 Å². The molecule has 1 aromatic carbocycles. The van der Waals surface area contributed by atoms with Crippen LogP contribution in [0.25, 0.3) is 0 Å². The number of benzene rings is 1. The topological polar surface area (TPSA) is 65.5 Å². The van der Waals surface area contributed by atoms with Crippen LogP contribution in [-0.2, 0) is 0 Å². The molecule has 1 aromatic heterocycles. The molecule has 0 saturated heterocycles. The molecule has 2 rings (SSSR count). The normalized spacial score (nSPS) is 10.5. The van der Waals surface area contributed by atoms with E-state index in [1.807, 2.05) is 31.2 Å². The first-order valence-corrected chi connectivity index (χ1v) is 8.14. The van der Waals surface area contributed by atoms with Gasteiger partial charge in [-0.3, -0.25) is 4.79 Å². The fourth-order valence-corrected chi connectivity index (χ4v) is 2.75. The summed E-state index contributed by atoms with van der Waals surface area (Å²) in [6.07, 6.45) is 1.48. The van der Waals surface area contributed by atoms with Crippen molar-refractivity contribution >= 4 is 27.9 Å². The second-order valence-electron chi connectivity index (χ2n) is 5.13. The second kappa shape index (κ2) is 7.91. The van der Waals surface area contributed by atoms with Crippen LogP contribution in [0.5, 0.6) is 0 Å². The predicted molar refractivity (Wildman–Crippen MR) is 89.9 cm³/mol. The molecule has 0 spiro atoms. The van der Waals surface area contributed by atoms with Crippen molar-refractivity contribution in [1.29, 1.82) is 0 Å². The third-order valence-electron chi connectivity index (χ3n) is 3.41. The van der Waals surface area contributed by atoms with Gasteiger partial charge in [0.15, 0.2) is 5.69 Å². The Morgan fingerprint density at radius 1 is 1.36 bits per heavy atom. The molecule has 0 aliphatic rings. The van der Waals surface area contributed by atoms with Gasteiger partial charge in [0, 0.05) is 25.9 Å². The first kappa shape index (κ1) is 16.5. The molecule has 0 atom stereocenters. The number of nitrogens with one attached hydrogen (secondary N) is 1. The maximum atomic E-state index is 12.5. The third-order valence-corrected chi connectivity index (χ3v) is 4.15. The van der Waals surface area contributed by atoms with Crippen molar-refractivity contribution < 1.29 is 9.90 Å². The Labute approximate surface area is 134 Å². The fourth-order valence-electron chi connectivity index (χ4n) is 2.07. The highest BCUT2D eigenvalue weighted by Crippen LogP contribution is 2.27. The summed E-state index contributed by atoms with van der Waals surface area (Å²) in [6, 6.07) is 7.94. The van der Waals surface area contributed by atoms with Crippen LogP contribution < -0.4 is 5.32 Å². The Balaban J connectivity index is 2.09. The van der Waals surface area contributed by atoms with Gasteiger partial charge in [-0.2, -0.15) is 0 Å². The molecule has 2 N–H and O–H groups in total. The quantitative estimate of drug-likeness (QED) is 0.770. The van der Waals surface area contributed by atoms with Gasteiger partial charge in [0.1, 0.15) is 5.00 Å². The van der Waals surface area contributed by atoms with E-state index in [2.05, 4.69) is 10.3 Å². The van der Waals surface area contributed by atoms with Crippen LogP contribution in [0.1, 0.15) is 28.9 Å². The van der Waals surface area contributed by atoms with Gasteiger partial charge in [-0.1, -0.05) is 18.2 Å². The summed E-state index contributed by atoms with van der Waals surface area (Å²) in [7, 11) is 1.76. The molecule has 1 amide bonds. The van der Waals surface area contributed by atoms with E-state index in [9.17, 15) is 4.79 Å². The first-order chi connectivity index (χ1) is 10.6. The number of hydrogen-bond acceptors (Lipinski definition) is 5. The van der Waals surface area contributed by atoms with E-state index in [1.54, 1.807) is 17.5 Å². The van der Waals surface area contributed by atoms with Crippen molar-refractivity contribution in [1.82, 2.24) is 9.88 Å². The van der Waals surface area contributed by atoms with E-state index < -0.39 is 0 Å². The zero-order valence-electron chi connectivity index (χ0n) is 12.9. The van der Waals surface area contributed by atoms with E-state index >= 15 is 0 Å². The van der Waals surface area contributed by atoms with Crippen molar-refractivity contribution in [2.24, 2.45) is 0 Å². The van der Waals surface area contributed by atoms with Gasteiger partial charge in [0.05, 0.1) is 5.51 Å². The molecule has 0 radical (unpaired) electrons. The molecular formula is C16H21N3O2S. The average molecular weight is 319 g/mol. The minimum Gasteiger partial charge on any atom is -0.396 e. The average Bonchev–Trinajstić information content (AvgIpc) is 2.97. The second-order valence-corrected chi connectivity index (χ2v) is 5.98. The molecule has 118 valence electrons. The number of anilines is 2. The lowest BCUT2D eigenvalue weighted by atomic mass is 10.2. The monoisotopic (exact) mass is 319 g/mol. The summed E-state index contributed by atoms with van der Waals surface area (Å²) in [5.74, 6) is -0.102. The van der Waals surface area contributed by atoms with Crippen molar-refractivity contribution in [2.75, 3.05) is 25.5 Å². The molecule has 0 unspecified atom stereocenters. The van der Waals surface area contributed by atoms with Gasteiger partial charge in [0.2, 0.25) is 0 Å².